The molecule has 0 saturated carbocycles. The lowest BCUT2D eigenvalue weighted by Crippen LogP contribution is -2.45. The number of fused-ring (bicyclic) bond motifs is 2. The molecule has 3 aliphatic heterocycles. The van der Waals surface area contributed by atoms with Crippen molar-refractivity contribution in [2.45, 2.75) is 76.5 Å². The summed E-state index contributed by atoms with van der Waals surface area (Å²) >= 11 is 0. The lowest BCUT2D eigenvalue weighted by atomic mass is 9.89. The van der Waals surface area contributed by atoms with E-state index in [1.165, 1.54) is 17.7 Å². The third kappa shape index (κ3) is 3.02. The molecule has 0 spiro atoms. The average Bonchev–Trinajstić information content (AvgIpc) is 2.89. The van der Waals surface area contributed by atoms with Gasteiger partial charge < -0.3 is 10.6 Å². The molecule has 3 heterocycles. The molecule has 3 unspecified atom stereocenters. The first-order valence-corrected chi connectivity index (χ1v) is 8.35. The summed E-state index contributed by atoms with van der Waals surface area (Å²) < 4.78 is 0. The fourth-order valence-corrected chi connectivity index (χ4v) is 4.16. The van der Waals surface area contributed by atoms with E-state index in [-0.39, 0.29) is 30.2 Å². The van der Waals surface area contributed by atoms with Gasteiger partial charge in [0, 0.05) is 24.5 Å². The Labute approximate surface area is 131 Å². The molecule has 3 saturated heterocycles. The van der Waals surface area contributed by atoms with Crippen molar-refractivity contribution in [1.29, 1.82) is 0 Å². The molecule has 3 aliphatic rings. The number of nitrogens with zero attached hydrogens (tertiary/aromatic N) is 1. The summed E-state index contributed by atoms with van der Waals surface area (Å²) in [5.41, 5.74) is 0. The van der Waals surface area contributed by atoms with Gasteiger partial charge in [-0.2, -0.15) is 0 Å². The highest BCUT2D eigenvalue weighted by molar-refractivity contribution is 6.07. The van der Waals surface area contributed by atoms with Crippen LogP contribution in [0.3, 0.4) is 0 Å². The van der Waals surface area contributed by atoms with E-state index < -0.39 is 6.04 Å². The molecule has 3 amide bonds. The van der Waals surface area contributed by atoms with Crippen LogP contribution in [0.15, 0.2) is 0 Å². The van der Waals surface area contributed by atoms with Crippen molar-refractivity contribution < 1.29 is 14.4 Å². The Morgan fingerprint density at radius 3 is 2.45 bits per heavy atom. The first kappa shape index (κ1) is 15.5. The van der Waals surface area contributed by atoms with Crippen molar-refractivity contribution in [1.82, 2.24) is 15.5 Å². The predicted octanol–water partition coefficient (Wildman–Crippen LogP) is 0.559. The fraction of sp³-hybridized carbons (Fsp3) is 0.812. The Morgan fingerprint density at radius 1 is 1.27 bits per heavy atom. The zero-order valence-electron chi connectivity index (χ0n) is 13.3. The number of amides is 3. The standard InChI is InChI=1S/C16H25N3O3/c1-9(2)19-15(21)8-13(16(19)22)18-14(20)7-10-5-11-3-4-12(6-10)17-11/h9-13,17H,3-8H2,1-2H3,(H,18,20). The van der Waals surface area contributed by atoms with Gasteiger partial charge in [-0.05, 0) is 45.4 Å². The van der Waals surface area contributed by atoms with Crippen LogP contribution in [0.5, 0.6) is 0 Å². The number of carbonyl (C=O) groups is 3. The highest BCUT2D eigenvalue weighted by Crippen LogP contribution is 2.32. The second-order valence-electron chi connectivity index (χ2n) is 7.20. The Bertz CT molecular complexity index is 479. The van der Waals surface area contributed by atoms with Gasteiger partial charge >= 0.3 is 0 Å². The SMILES string of the molecule is CC(C)N1C(=O)CC(NC(=O)CC2CC3CCC(C2)N3)C1=O. The van der Waals surface area contributed by atoms with E-state index in [4.69, 9.17) is 0 Å². The maximum absolute atomic E-state index is 12.2. The van der Waals surface area contributed by atoms with Gasteiger partial charge in [-0.1, -0.05) is 0 Å². The van der Waals surface area contributed by atoms with E-state index in [1.54, 1.807) is 0 Å². The zero-order valence-corrected chi connectivity index (χ0v) is 13.3. The average molecular weight is 307 g/mol. The molecule has 0 aromatic rings. The van der Waals surface area contributed by atoms with Crippen molar-refractivity contribution in [3.8, 4) is 0 Å². The van der Waals surface area contributed by atoms with E-state index in [0.29, 0.717) is 24.4 Å². The maximum atomic E-state index is 12.2. The number of likely N-dealkylation sites (tertiary alicyclic amines) is 1. The Hall–Kier alpha value is -1.43. The number of rotatable bonds is 4. The topological polar surface area (TPSA) is 78.5 Å². The maximum Gasteiger partial charge on any atom is 0.252 e. The lowest BCUT2D eigenvalue weighted by Gasteiger charge is -2.28. The van der Waals surface area contributed by atoms with Crippen molar-refractivity contribution in [2.24, 2.45) is 5.92 Å². The molecule has 0 radical (unpaired) electrons. The van der Waals surface area contributed by atoms with Crippen LogP contribution < -0.4 is 10.6 Å². The van der Waals surface area contributed by atoms with Crippen LogP contribution in [-0.2, 0) is 14.4 Å². The number of hydrogen-bond acceptors (Lipinski definition) is 4. The van der Waals surface area contributed by atoms with Crippen LogP contribution in [0.4, 0.5) is 0 Å². The van der Waals surface area contributed by atoms with Gasteiger partial charge in [0.15, 0.2) is 0 Å². The van der Waals surface area contributed by atoms with Crippen molar-refractivity contribution in [3.05, 3.63) is 0 Å². The van der Waals surface area contributed by atoms with Crippen LogP contribution >= 0.6 is 0 Å². The van der Waals surface area contributed by atoms with E-state index in [1.807, 2.05) is 13.8 Å². The minimum absolute atomic E-state index is 0.0944. The fourth-order valence-electron chi connectivity index (χ4n) is 4.16. The molecular formula is C16H25N3O3. The summed E-state index contributed by atoms with van der Waals surface area (Å²) in [5.74, 6) is -0.154. The van der Waals surface area contributed by atoms with Crippen molar-refractivity contribution in [2.75, 3.05) is 0 Å². The summed E-state index contributed by atoms with van der Waals surface area (Å²) in [7, 11) is 0. The second kappa shape index (κ2) is 5.99. The summed E-state index contributed by atoms with van der Waals surface area (Å²) in [5, 5.41) is 6.33. The molecule has 3 fully saturated rings. The van der Waals surface area contributed by atoms with E-state index >= 15 is 0 Å². The molecule has 2 N–H and O–H groups in total. The van der Waals surface area contributed by atoms with Crippen molar-refractivity contribution >= 4 is 17.7 Å². The van der Waals surface area contributed by atoms with Gasteiger partial charge in [0.05, 0.1) is 6.42 Å². The van der Waals surface area contributed by atoms with Gasteiger partial charge in [0.1, 0.15) is 6.04 Å². The summed E-state index contributed by atoms with van der Waals surface area (Å²) in [6.07, 6.45) is 5.07. The zero-order chi connectivity index (χ0) is 15.9. The van der Waals surface area contributed by atoms with E-state index in [2.05, 4.69) is 10.6 Å². The molecule has 3 atom stereocenters. The summed E-state index contributed by atoms with van der Waals surface area (Å²) in [6.45, 7) is 3.62. The normalized spacial score (nSPS) is 34.6. The minimum atomic E-state index is -0.666. The van der Waals surface area contributed by atoms with Crippen LogP contribution in [-0.4, -0.2) is 46.8 Å². The molecule has 6 nitrogen and oxygen atoms in total. The van der Waals surface area contributed by atoms with Crippen LogP contribution in [0.25, 0.3) is 0 Å². The number of imide groups is 1. The van der Waals surface area contributed by atoms with Crippen LogP contribution in [0.1, 0.15) is 52.4 Å². The van der Waals surface area contributed by atoms with Crippen molar-refractivity contribution in [3.63, 3.8) is 0 Å². The monoisotopic (exact) mass is 307 g/mol. The number of nitrogens with one attached hydrogen (secondary N) is 2. The lowest BCUT2D eigenvalue weighted by molar-refractivity contribution is -0.141. The third-order valence-corrected chi connectivity index (χ3v) is 5.08. The van der Waals surface area contributed by atoms with Gasteiger partial charge in [-0.25, -0.2) is 0 Å². The molecule has 6 heteroatoms. The first-order chi connectivity index (χ1) is 10.4. The Kier molecular flexibility index (Phi) is 4.21. The molecule has 122 valence electrons. The smallest absolute Gasteiger partial charge is 0.252 e. The largest absolute Gasteiger partial charge is 0.344 e. The summed E-state index contributed by atoms with van der Waals surface area (Å²) in [6, 6.07) is 0.299. The Morgan fingerprint density at radius 2 is 1.91 bits per heavy atom. The molecule has 0 aromatic carbocycles. The highest BCUT2D eigenvalue weighted by Gasteiger charge is 2.41. The molecule has 0 aromatic heterocycles. The predicted molar refractivity (Wildman–Crippen MR) is 80.8 cm³/mol. The minimum Gasteiger partial charge on any atom is -0.344 e. The summed E-state index contributed by atoms with van der Waals surface area (Å²) in [4.78, 5) is 37.5. The Balaban J connectivity index is 1.52. The molecule has 3 rings (SSSR count). The third-order valence-electron chi connectivity index (χ3n) is 5.08. The first-order valence-electron chi connectivity index (χ1n) is 8.35. The van der Waals surface area contributed by atoms with Gasteiger partial charge in [-0.3, -0.25) is 19.3 Å². The molecule has 22 heavy (non-hydrogen) atoms. The molecular weight excluding hydrogens is 282 g/mol. The van der Waals surface area contributed by atoms with Crippen LogP contribution in [0.2, 0.25) is 0 Å². The van der Waals surface area contributed by atoms with Gasteiger partial charge in [0.2, 0.25) is 11.8 Å². The van der Waals surface area contributed by atoms with Crippen LogP contribution in [0, 0.1) is 5.92 Å². The van der Waals surface area contributed by atoms with E-state index in [9.17, 15) is 14.4 Å². The second-order valence-corrected chi connectivity index (χ2v) is 7.20. The van der Waals surface area contributed by atoms with Gasteiger partial charge in [-0.15, -0.1) is 0 Å². The number of piperidine rings is 1. The van der Waals surface area contributed by atoms with Gasteiger partial charge in [0.25, 0.3) is 5.91 Å². The van der Waals surface area contributed by atoms with E-state index in [0.717, 1.165) is 12.8 Å². The number of carbonyl (C=O) groups excluding carboxylic acids is 3. The molecule has 2 bridgehead atoms. The molecule has 0 aliphatic carbocycles. The quantitative estimate of drug-likeness (QED) is 0.744. The highest BCUT2D eigenvalue weighted by atomic mass is 16.2. The number of hydrogen-bond donors (Lipinski definition) is 2.